The highest BCUT2D eigenvalue weighted by Gasteiger charge is 2.19. The van der Waals surface area contributed by atoms with Gasteiger partial charge < -0.3 is 14.2 Å². The Bertz CT molecular complexity index is 1610. The molecule has 0 aliphatic carbocycles. The third-order valence-corrected chi connectivity index (χ3v) is 15.6. The molecule has 83 heavy (non-hydrogen) atoms. The van der Waals surface area contributed by atoms with Crippen LogP contribution in [0.25, 0.3) is 0 Å². The maximum atomic E-state index is 12.9. The van der Waals surface area contributed by atoms with E-state index >= 15 is 0 Å². The van der Waals surface area contributed by atoms with Crippen LogP contribution < -0.4 is 0 Å². The normalized spacial score (nSPS) is 12.7. The second kappa shape index (κ2) is 70.8. The van der Waals surface area contributed by atoms with Crippen LogP contribution in [0.2, 0.25) is 0 Å². The first-order valence-electron chi connectivity index (χ1n) is 35.7. The number of esters is 3. The second-order valence-corrected chi connectivity index (χ2v) is 23.7. The van der Waals surface area contributed by atoms with Gasteiger partial charge in [-0.15, -0.1) is 0 Å². The molecule has 1 atom stereocenters. The Morgan fingerprint density at radius 3 is 0.759 bits per heavy atom. The van der Waals surface area contributed by atoms with Gasteiger partial charge in [-0.3, -0.25) is 14.4 Å². The van der Waals surface area contributed by atoms with Crippen molar-refractivity contribution in [3.63, 3.8) is 0 Å². The largest absolute Gasteiger partial charge is 0.462 e. The first-order chi connectivity index (χ1) is 41.0. The summed E-state index contributed by atoms with van der Waals surface area (Å²) in [5, 5.41) is 0. The van der Waals surface area contributed by atoms with Gasteiger partial charge in [0.1, 0.15) is 13.2 Å². The predicted octanol–water partition coefficient (Wildman–Crippen LogP) is 24.8. The zero-order valence-electron chi connectivity index (χ0n) is 54.9. The van der Waals surface area contributed by atoms with E-state index in [1.807, 2.05) is 0 Å². The maximum Gasteiger partial charge on any atom is 0.306 e. The molecule has 6 nitrogen and oxygen atoms in total. The van der Waals surface area contributed by atoms with Crippen molar-refractivity contribution in [2.24, 2.45) is 0 Å². The average molecular weight is 1160 g/mol. The van der Waals surface area contributed by atoms with E-state index < -0.39 is 6.10 Å². The fourth-order valence-corrected chi connectivity index (χ4v) is 10.3. The Hall–Kier alpha value is -3.67. The summed E-state index contributed by atoms with van der Waals surface area (Å²) in [7, 11) is 0. The van der Waals surface area contributed by atoms with E-state index in [0.717, 1.165) is 103 Å². The molecule has 6 heteroatoms. The Morgan fingerprint density at radius 1 is 0.253 bits per heavy atom. The van der Waals surface area contributed by atoms with Gasteiger partial charge in [-0.1, -0.05) is 336 Å². The molecule has 1 unspecified atom stereocenters. The Balaban J connectivity index is 4.13. The van der Waals surface area contributed by atoms with E-state index in [1.165, 1.54) is 205 Å². The highest BCUT2D eigenvalue weighted by molar-refractivity contribution is 5.71. The van der Waals surface area contributed by atoms with Crippen LogP contribution in [0.1, 0.15) is 355 Å². The summed E-state index contributed by atoms with van der Waals surface area (Å²) in [6.07, 6.45) is 96.0. The molecule has 0 radical (unpaired) electrons. The Labute approximate surface area is 515 Å². The van der Waals surface area contributed by atoms with Crippen LogP contribution in [0.3, 0.4) is 0 Å². The second-order valence-electron chi connectivity index (χ2n) is 23.7. The standard InChI is InChI=1S/C77H134O6/c1-4-7-10-13-16-19-22-25-28-29-30-31-32-33-34-35-36-37-38-39-40-41-42-43-44-45-46-47-50-52-55-58-61-64-67-70-76(79)82-73-74(83-77(80)71-68-65-62-59-56-53-49-27-24-21-18-15-12-9-6-3)72-81-75(78)69-66-63-60-57-54-51-48-26-23-20-17-14-11-8-5-2/h7,9-10,12,16,18-19,21,25,27-28,30-31,49,56,59,74H,4-6,8,11,13-15,17,20,22-24,26,29,32-48,50-55,57-58,60-73H2,1-3H3/b10-7-,12-9-,19-16-,21-18-,28-25-,31-30-,49-27-,59-56-. The number of carbonyl (C=O) groups is 3. The molecule has 478 valence electrons. The number of hydrogen-bond acceptors (Lipinski definition) is 6. The SMILES string of the molecule is CC/C=C\C/C=C\C/C=C\C/C=C\CCCCCCCCCCCCCCCCCCCCCCCCC(=O)OCC(COC(=O)CCCCCCCCCCCCCCCCC)OC(=O)CCCC/C=C\C/C=C\C/C=C\C/C=C\CC. The van der Waals surface area contributed by atoms with Gasteiger partial charge in [-0.2, -0.15) is 0 Å². The fraction of sp³-hybridized carbons (Fsp3) is 0.753. The van der Waals surface area contributed by atoms with Gasteiger partial charge in [0.25, 0.3) is 0 Å². The number of unbranched alkanes of at least 4 members (excludes halogenated alkanes) is 38. The van der Waals surface area contributed by atoms with Crippen molar-refractivity contribution in [2.75, 3.05) is 13.2 Å². The number of carbonyl (C=O) groups excluding carboxylic acids is 3. The number of hydrogen-bond donors (Lipinski definition) is 0. The van der Waals surface area contributed by atoms with Crippen molar-refractivity contribution >= 4 is 17.9 Å². The number of rotatable bonds is 65. The minimum atomic E-state index is -0.796. The summed E-state index contributed by atoms with van der Waals surface area (Å²) in [6, 6.07) is 0. The Kier molecular flexibility index (Phi) is 67.7. The monoisotopic (exact) mass is 1160 g/mol. The minimum Gasteiger partial charge on any atom is -0.462 e. The third-order valence-electron chi connectivity index (χ3n) is 15.6. The van der Waals surface area contributed by atoms with Gasteiger partial charge in [0, 0.05) is 19.3 Å². The summed E-state index contributed by atoms with van der Waals surface area (Å²) in [5.41, 5.74) is 0. The molecule has 0 saturated heterocycles. The van der Waals surface area contributed by atoms with Gasteiger partial charge >= 0.3 is 17.9 Å². The molecule has 0 rings (SSSR count). The lowest BCUT2D eigenvalue weighted by atomic mass is 10.0. The van der Waals surface area contributed by atoms with Gasteiger partial charge in [-0.25, -0.2) is 0 Å². The molecule has 0 aliphatic rings. The quantitative estimate of drug-likeness (QED) is 0.0261. The van der Waals surface area contributed by atoms with Crippen LogP contribution in [0, 0.1) is 0 Å². The molecule has 0 spiro atoms. The molecule has 0 heterocycles. The molecular formula is C77H134O6. The first-order valence-corrected chi connectivity index (χ1v) is 35.7. The average Bonchev–Trinajstić information content (AvgIpc) is 3.49. The van der Waals surface area contributed by atoms with Crippen molar-refractivity contribution < 1.29 is 28.6 Å². The molecule has 0 aromatic heterocycles. The zero-order chi connectivity index (χ0) is 59.9. The highest BCUT2D eigenvalue weighted by Crippen LogP contribution is 2.18. The van der Waals surface area contributed by atoms with E-state index in [4.69, 9.17) is 14.2 Å². The van der Waals surface area contributed by atoms with Gasteiger partial charge in [0.2, 0.25) is 0 Å². The molecule has 0 aliphatic heterocycles. The number of ether oxygens (including phenoxy) is 3. The molecule has 0 amide bonds. The molecule has 0 fully saturated rings. The number of allylic oxidation sites excluding steroid dienone is 16. The maximum absolute atomic E-state index is 12.9. The zero-order valence-corrected chi connectivity index (χ0v) is 54.9. The van der Waals surface area contributed by atoms with E-state index in [2.05, 4.69) is 118 Å². The summed E-state index contributed by atoms with van der Waals surface area (Å²) < 4.78 is 16.9. The van der Waals surface area contributed by atoms with E-state index in [9.17, 15) is 14.4 Å². The third kappa shape index (κ3) is 69.0. The van der Waals surface area contributed by atoms with Crippen molar-refractivity contribution in [3.05, 3.63) is 97.2 Å². The van der Waals surface area contributed by atoms with Crippen LogP contribution in [0.15, 0.2) is 97.2 Å². The lowest BCUT2D eigenvalue weighted by molar-refractivity contribution is -0.167. The lowest BCUT2D eigenvalue weighted by Gasteiger charge is -2.18. The van der Waals surface area contributed by atoms with Crippen LogP contribution in [-0.2, 0) is 28.6 Å². The summed E-state index contributed by atoms with van der Waals surface area (Å²) in [5.74, 6) is -0.911. The molecular weight excluding hydrogens is 1020 g/mol. The predicted molar refractivity (Wildman–Crippen MR) is 362 cm³/mol. The van der Waals surface area contributed by atoms with Gasteiger partial charge in [0.05, 0.1) is 0 Å². The van der Waals surface area contributed by atoms with Gasteiger partial charge in [-0.05, 0) is 96.3 Å². The molecule has 0 aromatic rings. The van der Waals surface area contributed by atoms with Crippen molar-refractivity contribution in [1.82, 2.24) is 0 Å². The van der Waals surface area contributed by atoms with Crippen molar-refractivity contribution in [1.29, 1.82) is 0 Å². The molecule has 0 aromatic carbocycles. The summed E-state index contributed by atoms with van der Waals surface area (Å²) in [6.45, 7) is 6.42. The lowest BCUT2D eigenvalue weighted by Crippen LogP contribution is -2.30. The molecule has 0 saturated carbocycles. The summed E-state index contributed by atoms with van der Waals surface area (Å²) in [4.78, 5) is 38.4. The Morgan fingerprint density at radius 2 is 0.470 bits per heavy atom. The van der Waals surface area contributed by atoms with E-state index in [1.54, 1.807) is 0 Å². The van der Waals surface area contributed by atoms with Crippen LogP contribution in [-0.4, -0.2) is 37.2 Å². The van der Waals surface area contributed by atoms with Crippen LogP contribution in [0.5, 0.6) is 0 Å². The minimum absolute atomic E-state index is 0.0884. The van der Waals surface area contributed by atoms with Crippen LogP contribution in [0.4, 0.5) is 0 Å². The van der Waals surface area contributed by atoms with E-state index in [-0.39, 0.29) is 37.5 Å². The highest BCUT2D eigenvalue weighted by atomic mass is 16.6. The van der Waals surface area contributed by atoms with Crippen molar-refractivity contribution in [3.8, 4) is 0 Å². The smallest absolute Gasteiger partial charge is 0.306 e. The molecule has 0 N–H and O–H groups in total. The summed E-state index contributed by atoms with van der Waals surface area (Å²) >= 11 is 0. The van der Waals surface area contributed by atoms with Crippen molar-refractivity contribution in [2.45, 2.75) is 361 Å². The fourth-order valence-electron chi connectivity index (χ4n) is 10.3. The molecule has 0 bridgehead atoms. The first kappa shape index (κ1) is 79.3. The van der Waals surface area contributed by atoms with Gasteiger partial charge in [0.15, 0.2) is 6.10 Å². The van der Waals surface area contributed by atoms with E-state index in [0.29, 0.717) is 19.3 Å². The topological polar surface area (TPSA) is 78.9 Å². The van der Waals surface area contributed by atoms with Crippen LogP contribution >= 0.6 is 0 Å².